The van der Waals surface area contributed by atoms with Gasteiger partial charge in [-0.3, -0.25) is 0 Å². The van der Waals surface area contributed by atoms with Crippen LogP contribution in [0.3, 0.4) is 0 Å². The van der Waals surface area contributed by atoms with Crippen molar-refractivity contribution in [2.24, 2.45) is 0 Å². The maximum absolute atomic E-state index is 13.1. The molecule has 0 amide bonds. The third kappa shape index (κ3) is 6.16. The second-order valence-corrected chi connectivity index (χ2v) is 10.2. The molecule has 3 heterocycles. The van der Waals surface area contributed by atoms with Crippen molar-refractivity contribution >= 4 is 33.2 Å². The van der Waals surface area contributed by atoms with Gasteiger partial charge in [-0.1, -0.05) is 0 Å². The number of hydrogen-bond donors (Lipinski definition) is 2. The zero-order chi connectivity index (χ0) is 25.7. The monoisotopic (exact) mass is 521 g/mol. The molecule has 1 saturated heterocycles. The van der Waals surface area contributed by atoms with Gasteiger partial charge in [0.25, 0.3) is 0 Å². The first-order chi connectivity index (χ1) is 18.0. The number of rotatable bonds is 8. The molecule has 5 rings (SSSR count). The van der Waals surface area contributed by atoms with Crippen molar-refractivity contribution in [2.75, 3.05) is 23.7 Å². The van der Waals surface area contributed by atoms with Gasteiger partial charge in [0, 0.05) is 43.1 Å². The van der Waals surface area contributed by atoms with E-state index in [2.05, 4.69) is 30.6 Å². The van der Waals surface area contributed by atoms with E-state index in [4.69, 9.17) is 4.74 Å². The Morgan fingerprint density at radius 3 is 2.19 bits per heavy atom. The summed E-state index contributed by atoms with van der Waals surface area (Å²) in [6, 6.07) is 16.1. The van der Waals surface area contributed by atoms with Gasteiger partial charge in [-0.25, -0.2) is 27.8 Å². The lowest BCUT2D eigenvalue weighted by Crippen LogP contribution is -2.41. The lowest BCUT2D eigenvalue weighted by molar-refractivity contribution is 0.124. The first kappa shape index (κ1) is 24.5. The summed E-state index contributed by atoms with van der Waals surface area (Å²) in [6.07, 6.45) is 5.77. The van der Waals surface area contributed by atoms with Gasteiger partial charge < -0.3 is 15.4 Å². The molecule has 37 heavy (non-hydrogen) atoms. The van der Waals surface area contributed by atoms with Crippen LogP contribution in [-0.2, 0) is 10.0 Å². The number of anilines is 4. The Balaban J connectivity index is 1.19. The van der Waals surface area contributed by atoms with E-state index in [-0.39, 0.29) is 16.8 Å². The molecule has 0 bridgehead atoms. The van der Waals surface area contributed by atoms with Gasteiger partial charge in [0.2, 0.25) is 16.0 Å². The molecule has 1 aliphatic heterocycles. The van der Waals surface area contributed by atoms with E-state index in [1.54, 1.807) is 67.1 Å². The fourth-order valence-corrected chi connectivity index (χ4v) is 5.31. The Kier molecular flexibility index (Phi) is 7.19. The summed E-state index contributed by atoms with van der Waals surface area (Å²) in [5, 5.41) is 6.15. The molecule has 12 heteroatoms. The molecule has 0 atom stereocenters. The Hall–Kier alpha value is -4.16. The van der Waals surface area contributed by atoms with Crippen molar-refractivity contribution < 1.29 is 17.5 Å². The van der Waals surface area contributed by atoms with Crippen LogP contribution in [-0.4, -0.2) is 51.9 Å². The van der Waals surface area contributed by atoms with Crippen LogP contribution in [0.1, 0.15) is 12.8 Å². The number of halogens is 1. The number of nitrogens with zero attached hydrogens (tertiary/aromatic N) is 5. The van der Waals surface area contributed by atoms with Crippen LogP contribution < -0.4 is 15.4 Å². The Labute approximate surface area is 213 Å². The van der Waals surface area contributed by atoms with E-state index >= 15 is 0 Å². The fourth-order valence-electron chi connectivity index (χ4n) is 3.84. The van der Waals surface area contributed by atoms with Gasteiger partial charge in [0.15, 0.2) is 0 Å². The zero-order valence-corrected chi connectivity index (χ0v) is 20.5. The maximum atomic E-state index is 13.1. The van der Waals surface area contributed by atoms with Crippen LogP contribution in [0.25, 0.3) is 0 Å². The molecule has 1 aliphatic rings. The molecule has 0 aliphatic carbocycles. The molecule has 2 N–H and O–H groups in total. The predicted molar refractivity (Wildman–Crippen MR) is 136 cm³/mol. The molecule has 190 valence electrons. The van der Waals surface area contributed by atoms with Crippen LogP contribution in [0.4, 0.5) is 27.5 Å². The first-order valence-corrected chi connectivity index (χ1v) is 13.1. The summed E-state index contributed by atoms with van der Waals surface area (Å²) in [5.74, 6) is 0.527. The zero-order valence-electron chi connectivity index (χ0n) is 19.7. The van der Waals surface area contributed by atoms with Gasteiger partial charge in [-0.2, -0.15) is 9.29 Å². The molecular formula is C25H24FN7O3S. The lowest BCUT2D eigenvalue weighted by Gasteiger charge is -2.30. The molecule has 1 fully saturated rings. The van der Waals surface area contributed by atoms with E-state index < -0.39 is 10.0 Å². The highest BCUT2D eigenvalue weighted by molar-refractivity contribution is 7.89. The summed E-state index contributed by atoms with van der Waals surface area (Å²) in [7, 11) is -3.64. The van der Waals surface area contributed by atoms with Gasteiger partial charge in [0.1, 0.15) is 17.7 Å². The molecule has 0 saturated carbocycles. The van der Waals surface area contributed by atoms with Crippen LogP contribution in [0.2, 0.25) is 0 Å². The minimum atomic E-state index is -3.64. The van der Waals surface area contributed by atoms with Gasteiger partial charge >= 0.3 is 6.01 Å². The van der Waals surface area contributed by atoms with Gasteiger partial charge in [0.05, 0.1) is 4.90 Å². The fraction of sp³-hybridized carbons (Fsp3) is 0.200. The third-order valence-corrected chi connectivity index (χ3v) is 7.65. The Morgan fingerprint density at radius 2 is 1.49 bits per heavy atom. The van der Waals surface area contributed by atoms with E-state index in [9.17, 15) is 12.8 Å². The minimum absolute atomic E-state index is 0.131. The van der Waals surface area contributed by atoms with Crippen LogP contribution in [0.15, 0.2) is 84.1 Å². The van der Waals surface area contributed by atoms with Crippen molar-refractivity contribution in [1.29, 1.82) is 0 Å². The molecule has 0 unspecified atom stereocenters. The van der Waals surface area contributed by atoms with E-state index in [0.717, 1.165) is 0 Å². The normalized spacial score (nSPS) is 14.7. The standard InChI is InChI=1S/C25H24FN7O3S/c26-18-2-4-19(5-3-18)30-23-10-15-27-24(32-23)31-20-6-8-22(9-7-20)37(34,35)33-16-11-21(12-17-33)36-25-28-13-1-14-29-25/h1-10,13-15,21H,11-12,16-17H2,(H2,27,30,31,32). The number of sulfonamides is 1. The molecule has 10 nitrogen and oxygen atoms in total. The van der Waals surface area contributed by atoms with E-state index in [1.807, 2.05) is 0 Å². The number of hydrogen-bond acceptors (Lipinski definition) is 9. The smallest absolute Gasteiger partial charge is 0.316 e. The van der Waals surface area contributed by atoms with E-state index in [1.165, 1.54) is 16.4 Å². The second-order valence-electron chi connectivity index (χ2n) is 8.30. The van der Waals surface area contributed by atoms with Crippen LogP contribution in [0.5, 0.6) is 6.01 Å². The summed E-state index contributed by atoms with van der Waals surface area (Å²) in [6.45, 7) is 0.697. The number of piperidine rings is 1. The molecule has 0 radical (unpaired) electrons. The average molecular weight is 522 g/mol. The molecular weight excluding hydrogens is 497 g/mol. The number of ether oxygens (including phenoxy) is 1. The Bertz CT molecular complexity index is 1430. The highest BCUT2D eigenvalue weighted by Crippen LogP contribution is 2.25. The topological polar surface area (TPSA) is 122 Å². The first-order valence-electron chi connectivity index (χ1n) is 11.6. The molecule has 2 aromatic carbocycles. The quantitative estimate of drug-likeness (QED) is 0.352. The van der Waals surface area contributed by atoms with Crippen LogP contribution >= 0.6 is 0 Å². The lowest BCUT2D eigenvalue weighted by atomic mass is 10.1. The van der Waals surface area contributed by atoms with Crippen LogP contribution in [0, 0.1) is 5.82 Å². The molecule has 4 aromatic rings. The average Bonchev–Trinajstić information content (AvgIpc) is 2.91. The van der Waals surface area contributed by atoms with Crippen molar-refractivity contribution in [3.63, 3.8) is 0 Å². The minimum Gasteiger partial charge on any atom is -0.460 e. The largest absolute Gasteiger partial charge is 0.460 e. The summed E-state index contributed by atoms with van der Waals surface area (Å²) < 4.78 is 46.6. The van der Waals surface area contributed by atoms with Gasteiger partial charge in [-0.05, 0) is 73.5 Å². The second kappa shape index (κ2) is 10.8. The molecule has 2 aromatic heterocycles. The number of nitrogens with one attached hydrogen (secondary N) is 2. The van der Waals surface area contributed by atoms with E-state index in [0.29, 0.717) is 55.1 Å². The summed E-state index contributed by atoms with van der Waals surface area (Å²) >= 11 is 0. The highest BCUT2D eigenvalue weighted by Gasteiger charge is 2.30. The van der Waals surface area contributed by atoms with Crippen molar-refractivity contribution in [3.8, 4) is 6.01 Å². The maximum Gasteiger partial charge on any atom is 0.316 e. The number of benzene rings is 2. The number of aromatic nitrogens is 4. The Morgan fingerprint density at radius 1 is 0.838 bits per heavy atom. The molecule has 0 spiro atoms. The predicted octanol–water partition coefficient (Wildman–Crippen LogP) is 4.13. The van der Waals surface area contributed by atoms with Crippen molar-refractivity contribution in [2.45, 2.75) is 23.8 Å². The highest BCUT2D eigenvalue weighted by atomic mass is 32.2. The van der Waals surface area contributed by atoms with Crippen molar-refractivity contribution in [1.82, 2.24) is 24.2 Å². The van der Waals surface area contributed by atoms with Crippen molar-refractivity contribution in [3.05, 3.63) is 85.1 Å². The van der Waals surface area contributed by atoms with Gasteiger partial charge in [-0.15, -0.1) is 0 Å². The SMILES string of the molecule is O=S(=O)(c1ccc(Nc2nccc(Nc3ccc(F)cc3)n2)cc1)N1CCC(Oc2ncccn2)CC1. The third-order valence-electron chi connectivity index (χ3n) is 5.74. The summed E-state index contributed by atoms with van der Waals surface area (Å²) in [4.78, 5) is 16.9. The summed E-state index contributed by atoms with van der Waals surface area (Å²) in [5.41, 5.74) is 1.32.